The van der Waals surface area contributed by atoms with Crippen LogP contribution in [0.15, 0.2) is 56.8 Å². The molecular weight excluding hydrogens is 344 g/mol. The maximum atomic E-state index is 12.4. The number of halogens is 1. The van der Waals surface area contributed by atoms with Gasteiger partial charge in [0, 0.05) is 27.6 Å². The molecule has 7 nitrogen and oxygen atoms in total. The van der Waals surface area contributed by atoms with E-state index in [1.54, 1.807) is 36.4 Å². The zero-order chi connectivity index (χ0) is 17.6. The van der Waals surface area contributed by atoms with Crippen LogP contribution in [0.3, 0.4) is 0 Å². The molecule has 4 rings (SSSR count). The van der Waals surface area contributed by atoms with Gasteiger partial charge in [-0.05, 0) is 37.3 Å². The summed E-state index contributed by atoms with van der Waals surface area (Å²) in [4.78, 5) is 27.6. The van der Waals surface area contributed by atoms with Crippen molar-refractivity contribution < 1.29 is 4.52 Å². The van der Waals surface area contributed by atoms with Crippen molar-refractivity contribution in [3.8, 4) is 0 Å². The number of nitrogens with zero attached hydrogens (tertiary/aromatic N) is 2. The van der Waals surface area contributed by atoms with E-state index in [1.165, 1.54) is 10.7 Å². The van der Waals surface area contributed by atoms with Crippen molar-refractivity contribution in [3.63, 3.8) is 0 Å². The van der Waals surface area contributed by atoms with E-state index in [2.05, 4.69) is 15.5 Å². The fourth-order valence-corrected chi connectivity index (χ4v) is 2.96. The summed E-state index contributed by atoms with van der Waals surface area (Å²) in [6, 6.07) is 9.87. The number of rotatable bonds is 3. The van der Waals surface area contributed by atoms with E-state index in [0.29, 0.717) is 27.5 Å². The van der Waals surface area contributed by atoms with Gasteiger partial charge in [-0.2, -0.15) is 0 Å². The second-order valence-electron chi connectivity index (χ2n) is 5.72. The van der Waals surface area contributed by atoms with Crippen molar-refractivity contribution in [2.24, 2.45) is 0 Å². The topological polar surface area (TPSA) is 92.4 Å². The lowest BCUT2D eigenvalue weighted by Gasteiger charge is -2.15. The van der Waals surface area contributed by atoms with Crippen molar-refractivity contribution >= 4 is 33.9 Å². The molecule has 4 aromatic rings. The molecule has 25 heavy (non-hydrogen) atoms. The van der Waals surface area contributed by atoms with Crippen LogP contribution in [0.5, 0.6) is 0 Å². The predicted molar refractivity (Wildman–Crippen MR) is 95.3 cm³/mol. The highest BCUT2D eigenvalue weighted by molar-refractivity contribution is 6.31. The third-order valence-corrected chi connectivity index (χ3v) is 4.30. The van der Waals surface area contributed by atoms with Crippen LogP contribution in [0.4, 0.5) is 5.69 Å². The quantitative estimate of drug-likeness (QED) is 0.588. The average molecular weight is 357 g/mol. The molecule has 0 radical (unpaired) electrons. The molecule has 1 aromatic carbocycles. The number of nitrogens with one attached hydrogen (secondary N) is 2. The maximum Gasteiger partial charge on any atom is 0.282 e. The van der Waals surface area contributed by atoms with E-state index >= 15 is 0 Å². The first kappa shape index (κ1) is 15.5. The van der Waals surface area contributed by atoms with E-state index in [9.17, 15) is 9.59 Å². The van der Waals surface area contributed by atoms with E-state index in [1.807, 2.05) is 6.92 Å². The number of aromatic amines is 1. The van der Waals surface area contributed by atoms with Gasteiger partial charge in [0.15, 0.2) is 0 Å². The van der Waals surface area contributed by atoms with Crippen LogP contribution in [-0.2, 0) is 0 Å². The molecule has 0 saturated carbocycles. The number of H-pyrrole nitrogens is 1. The molecule has 0 spiro atoms. The maximum absolute atomic E-state index is 12.4. The smallest absolute Gasteiger partial charge is 0.282 e. The molecule has 0 bridgehead atoms. The Balaban J connectivity index is 1.75. The molecular formula is C17H13ClN4O3. The van der Waals surface area contributed by atoms with Gasteiger partial charge in [-0.1, -0.05) is 16.8 Å². The van der Waals surface area contributed by atoms with Crippen LogP contribution in [0, 0.1) is 0 Å². The fraction of sp³-hybridized carbons (Fsp3) is 0.118. The standard InChI is InChI=1S/C17H13ClN4O3/c1-9(20-14-4-5-15-22(17(14)24)8-19-25-15)12-7-10-6-11(18)2-3-13(10)21-16(12)23/h2-9,20H,1H3,(H,21,23)/t9-/m0/s1. The molecule has 126 valence electrons. The molecule has 0 unspecified atom stereocenters. The van der Waals surface area contributed by atoms with Crippen molar-refractivity contribution in [2.45, 2.75) is 13.0 Å². The lowest BCUT2D eigenvalue weighted by Crippen LogP contribution is -2.23. The minimum atomic E-state index is -0.391. The summed E-state index contributed by atoms with van der Waals surface area (Å²) in [5, 5.41) is 8.07. The van der Waals surface area contributed by atoms with Crippen molar-refractivity contribution in [1.29, 1.82) is 0 Å². The minimum Gasteiger partial charge on any atom is -0.374 e. The molecule has 0 aliphatic heterocycles. The van der Waals surface area contributed by atoms with Gasteiger partial charge in [0.2, 0.25) is 5.71 Å². The van der Waals surface area contributed by atoms with Crippen LogP contribution >= 0.6 is 11.6 Å². The molecule has 3 aromatic heterocycles. The van der Waals surface area contributed by atoms with Gasteiger partial charge >= 0.3 is 0 Å². The summed E-state index contributed by atoms with van der Waals surface area (Å²) in [5.74, 6) is 0. The van der Waals surface area contributed by atoms with E-state index in [4.69, 9.17) is 16.1 Å². The summed E-state index contributed by atoms with van der Waals surface area (Å²) in [6.45, 7) is 1.81. The Labute approximate surface area is 145 Å². The SMILES string of the molecule is C[C@H](Nc1ccc2oncn2c1=O)c1cc2cc(Cl)ccc2[nH]c1=O. The normalized spacial score (nSPS) is 12.6. The highest BCUT2D eigenvalue weighted by Crippen LogP contribution is 2.21. The number of fused-ring (bicyclic) bond motifs is 2. The van der Waals surface area contributed by atoms with Crippen molar-refractivity contribution in [3.05, 3.63) is 74.0 Å². The predicted octanol–water partition coefficient (Wildman–Crippen LogP) is 2.96. The van der Waals surface area contributed by atoms with Gasteiger partial charge in [0.25, 0.3) is 11.1 Å². The second-order valence-corrected chi connectivity index (χ2v) is 6.16. The molecule has 8 heteroatoms. The zero-order valence-corrected chi connectivity index (χ0v) is 13.9. The summed E-state index contributed by atoms with van der Waals surface area (Å²) >= 11 is 6.02. The first-order chi connectivity index (χ1) is 12.0. The molecule has 0 saturated heterocycles. The van der Waals surface area contributed by atoms with Crippen LogP contribution in [0.1, 0.15) is 18.5 Å². The van der Waals surface area contributed by atoms with Crippen LogP contribution < -0.4 is 16.4 Å². The Morgan fingerprint density at radius 3 is 2.92 bits per heavy atom. The molecule has 0 amide bonds. The molecule has 0 fully saturated rings. The number of aromatic nitrogens is 3. The fourth-order valence-electron chi connectivity index (χ4n) is 2.78. The molecule has 0 aliphatic rings. The monoisotopic (exact) mass is 356 g/mol. The van der Waals surface area contributed by atoms with Gasteiger partial charge < -0.3 is 14.8 Å². The van der Waals surface area contributed by atoms with Gasteiger partial charge in [-0.3, -0.25) is 9.59 Å². The minimum absolute atomic E-state index is 0.221. The van der Waals surface area contributed by atoms with E-state index in [0.717, 1.165) is 5.39 Å². The molecule has 0 aliphatic carbocycles. The Morgan fingerprint density at radius 2 is 2.08 bits per heavy atom. The number of hydrogen-bond acceptors (Lipinski definition) is 5. The second kappa shape index (κ2) is 5.78. The van der Waals surface area contributed by atoms with Crippen LogP contribution in [0.25, 0.3) is 16.6 Å². The average Bonchev–Trinajstić information content (AvgIpc) is 3.06. The van der Waals surface area contributed by atoms with E-state index < -0.39 is 6.04 Å². The lowest BCUT2D eigenvalue weighted by atomic mass is 10.1. The first-order valence-corrected chi connectivity index (χ1v) is 7.96. The van der Waals surface area contributed by atoms with Crippen molar-refractivity contribution in [1.82, 2.24) is 14.5 Å². The highest BCUT2D eigenvalue weighted by Gasteiger charge is 2.14. The van der Waals surface area contributed by atoms with Gasteiger partial charge in [-0.15, -0.1) is 0 Å². The Morgan fingerprint density at radius 1 is 1.24 bits per heavy atom. The number of pyridine rings is 2. The first-order valence-electron chi connectivity index (χ1n) is 7.58. The van der Waals surface area contributed by atoms with Crippen LogP contribution in [0.2, 0.25) is 5.02 Å². The van der Waals surface area contributed by atoms with E-state index in [-0.39, 0.29) is 11.1 Å². The Bertz CT molecular complexity index is 1210. The van der Waals surface area contributed by atoms with Crippen molar-refractivity contribution in [2.75, 3.05) is 5.32 Å². The summed E-state index contributed by atoms with van der Waals surface area (Å²) in [7, 11) is 0. The number of hydrogen-bond donors (Lipinski definition) is 2. The summed E-state index contributed by atoms with van der Waals surface area (Å²) in [6.07, 6.45) is 1.30. The largest absolute Gasteiger partial charge is 0.374 e. The Hall–Kier alpha value is -3.06. The third kappa shape index (κ3) is 2.68. The summed E-state index contributed by atoms with van der Waals surface area (Å²) in [5.41, 5.74) is 1.38. The van der Waals surface area contributed by atoms with Gasteiger partial charge in [-0.25, -0.2) is 4.40 Å². The molecule has 3 heterocycles. The number of benzene rings is 1. The summed E-state index contributed by atoms with van der Waals surface area (Å²) < 4.78 is 6.23. The van der Waals surface area contributed by atoms with Crippen LogP contribution in [-0.4, -0.2) is 14.5 Å². The zero-order valence-electron chi connectivity index (χ0n) is 13.1. The molecule has 2 N–H and O–H groups in total. The van der Waals surface area contributed by atoms with Gasteiger partial charge in [0.1, 0.15) is 12.0 Å². The van der Waals surface area contributed by atoms with Gasteiger partial charge in [0.05, 0.1) is 6.04 Å². The lowest BCUT2D eigenvalue weighted by molar-refractivity contribution is 0.454. The Kier molecular flexibility index (Phi) is 3.58. The number of anilines is 1. The molecule has 1 atom stereocenters. The highest BCUT2D eigenvalue weighted by atomic mass is 35.5. The third-order valence-electron chi connectivity index (χ3n) is 4.06.